The van der Waals surface area contributed by atoms with Crippen molar-refractivity contribution < 1.29 is 4.79 Å². The third kappa shape index (κ3) is 2.30. The highest BCUT2D eigenvalue weighted by atomic mass is 16.2. The van der Waals surface area contributed by atoms with Gasteiger partial charge in [0.05, 0.1) is 6.20 Å². The van der Waals surface area contributed by atoms with Crippen LogP contribution in [0.15, 0.2) is 42.9 Å². The Bertz CT molecular complexity index is 756. The van der Waals surface area contributed by atoms with Crippen molar-refractivity contribution in [2.75, 3.05) is 7.05 Å². The van der Waals surface area contributed by atoms with E-state index < -0.39 is 0 Å². The molecule has 20 heavy (non-hydrogen) atoms. The van der Waals surface area contributed by atoms with E-state index in [2.05, 4.69) is 10.1 Å². The van der Waals surface area contributed by atoms with Gasteiger partial charge in [0.1, 0.15) is 0 Å². The minimum Gasteiger partial charge on any atom is -0.361 e. The van der Waals surface area contributed by atoms with Gasteiger partial charge in [0.25, 0.3) is 5.91 Å². The summed E-state index contributed by atoms with van der Waals surface area (Å²) in [6, 6.07) is 7.66. The minimum absolute atomic E-state index is 0.0111. The number of carbonyl (C=O) groups excluding carboxylic acids is 1. The molecule has 0 unspecified atom stereocenters. The second kappa shape index (κ2) is 4.85. The number of aromatic amines is 1. The zero-order valence-electron chi connectivity index (χ0n) is 11.5. The number of benzene rings is 1. The van der Waals surface area contributed by atoms with Crippen LogP contribution in [0.5, 0.6) is 0 Å². The largest absolute Gasteiger partial charge is 0.361 e. The molecule has 0 fully saturated rings. The number of H-pyrrole nitrogens is 1. The fourth-order valence-electron chi connectivity index (χ4n) is 2.31. The van der Waals surface area contributed by atoms with E-state index in [-0.39, 0.29) is 5.91 Å². The van der Waals surface area contributed by atoms with Crippen LogP contribution in [0.3, 0.4) is 0 Å². The standard InChI is InChI=1S/C15H16N4O/c1-18(9-11-8-17-19(2)10-11)15(20)13-3-4-14-12(7-13)5-6-16-14/h3-8,10,16H,9H2,1-2H3. The van der Waals surface area contributed by atoms with Crippen LogP contribution in [-0.4, -0.2) is 32.6 Å². The predicted molar refractivity (Wildman–Crippen MR) is 77.3 cm³/mol. The van der Waals surface area contributed by atoms with Crippen molar-refractivity contribution >= 4 is 16.8 Å². The van der Waals surface area contributed by atoms with E-state index in [9.17, 15) is 4.79 Å². The highest BCUT2D eigenvalue weighted by molar-refractivity contribution is 5.97. The van der Waals surface area contributed by atoms with Crippen molar-refractivity contribution in [1.29, 1.82) is 0 Å². The fourth-order valence-corrected chi connectivity index (χ4v) is 2.31. The van der Waals surface area contributed by atoms with E-state index in [1.807, 2.05) is 43.7 Å². The zero-order valence-corrected chi connectivity index (χ0v) is 11.5. The van der Waals surface area contributed by atoms with Gasteiger partial charge in [0, 0.05) is 55.1 Å². The summed E-state index contributed by atoms with van der Waals surface area (Å²) >= 11 is 0. The first-order chi connectivity index (χ1) is 9.63. The smallest absolute Gasteiger partial charge is 0.253 e. The number of hydrogen-bond acceptors (Lipinski definition) is 2. The molecule has 1 amide bonds. The number of fused-ring (bicyclic) bond motifs is 1. The molecule has 5 nitrogen and oxygen atoms in total. The number of carbonyl (C=O) groups is 1. The van der Waals surface area contributed by atoms with Gasteiger partial charge in [-0.3, -0.25) is 9.48 Å². The third-order valence-electron chi connectivity index (χ3n) is 3.33. The molecular weight excluding hydrogens is 252 g/mol. The van der Waals surface area contributed by atoms with Gasteiger partial charge in [-0.25, -0.2) is 0 Å². The van der Waals surface area contributed by atoms with Crippen LogP contribution in [0.2, 0.25) is 0 Å². The van der Waals surface area contributed by atoms with Crippen LogP contribution in [-0.2, 0) is 13.6 Å². The van der Waals surface area contributed by atoms with E-state index >= 15 is 0 Å². The normalized spacial score (nSPS) is 10.9. The number of nitrogens with one attached hydrogen (secondary N) is 1. The van der Waals surface area contributed by atoms with E-state index in [1.165, 1.54) is 0 Å². The first-order valence-electron chi connectivity index (χ1n) is 6.43. The van der Waals surface area contributed by atoms with E-state index in [4.69, 9.17) is 0 Å². The quantitative estimate of drug-likeness (QED) is 0.791. The van der Waals surface area contributed by atoms with Crippen molar-refractivity contribution in [2.24, 2.45) is 7.05 Å². The molecule has 0 aliphatic heterocycles. The summed E-state index contributed by atoms with van der Waals surface area (Å²) in [7, 11) is 3.67. The van der Waals surface area contributed by atoms with Crippen LogP contribution in [0, 0.1) is 0 Å². The Kier molecular flexibility index (Phi) is 3.02. The van der Waals surface area contributed by atoms with Crippen molar-refractivity contribution in [2.45, 2.75) is 6.54 Å². The molecule has 3 aromatic rings. The van der Waals surface area contributed by atoms with Crippen LogP contribution in [0.25, 0.3) is 10.9 Å². The van der Waals surface area contributed by atoms with Gasteiger partial charge in [-0.1, -0.05) is 0 Å². The molecule has 2 aromatic heterocycles. The molecule has 0 spiro atoms. The average molecular weight is 268 g/mol. The van der Waals surface area contributed by atoms with Crippen LogP contribution in [0.1, 0.15) is 15.9 Å². The first kappa shape index (κ1) is 12.5. The molecule has 0 radical (unpaired) electrons. The second-order valence-corrected chi connectivity index (χ2v) is 4.96. The maximum Gasteiger partial charge on any atom is 0.253 e. The molecule has 0 saturated carbocycles. The lowest BCUT2D eigenvalue weighted by atomic mass is 10.1. The highest BCUT2D eigenvalue weighted by Gasteiger charge is 2.13. The van der Waals surface area contributed by atoms with Crippen LogP contribution >= 0.6 is 0 Å². The van der Waals surface area contributed by atoms with Gasteiger partial charge in [-0.05, 0) is 24.3 Å². The maximum absolute atomic E-state index is 12.4. The van der Waals surface area contributed by atoms with Crippen molar-refractivity contribution in [3.8, 4) is 0 Å². The highest BCUT2D eigenvalue weighted by Crippen LogP contribution is 2.16. The summed E-state index contributed by atoms with van der Waals surface area (Å²) in [6.45, 7) is 0.553. The molecule has 1 N–H and O–H groups in total. The SMILES string of the molecule is CN(Cc1cnn(C)c1)C(=O)c1ccc2[nH]ccc2c1. The van der Waals surface area contributed by atoms with Gasteiger partial charge < -0.3 is 9.88 Å². The fraction of sp³-hybridized carbons (Fsp3) is 0.200. The van der Waals surface area contributed by atoms with E-state index in [0.29, 0.717) is 12.1 Å². The zero-order chi connectivity index (χ0) is 14.1. The molecule has 102 valence electrons. The summed E-state index contributed by atoms with van der Waals surface area (Å²) in [4.78, 5) is 17.2. The number of nitrogens with zero attached hydrogens (tertiary/aromatic N) is 3. The molecule has 0 saturated heterocycles. The van der Waals surface area contributed by atoms with Gasteiger partial charge in [0.2, 0.25) is 0 Å². The Morgan fingerprint density at radius 3 is 3.00 bits per heavy atom. The molecule has 1 aromatic carbocycles. The summed E-state index contributed by atoms with van der Waals surface area (Å²) < 4.78 is 1.74. The van der Waals surface area contributed by atoms with E-state index in [0.717, 1.165) is 16.5 Å². The van der Waals surface area contributed by atoms with Gasteiger partial charge in [0.15, 0.2) is 0 Å². The van der Waals surface area contributed by atoms with Gasteiger partial charge >= 0.3 is 0 Å². The molecule has 0 atom stereocenters. The molecule has 5 heteroatoms. The second-order valence-electron chi connectivity index (χ2n) is 4.96. The Morgan fingerprint density at radius 1 is 1.40 bits per heavy atom. The third-order valence-corrected chi connectivity index (χ3v) is 3.33. The molecule has 0 aliphatic carbocycles. The summed E-state index contributed by atoms with van der Waals surface area (Å²) in [5.74, 6) is 0.0111. The van der Waals surface area contributed by atoms with Gasteiger partial charge in [-0.2, -0.15) is 5.10 Å². The Labute approximate surface area is 116 Å². The first-order valence-corrected chi connectivity index (χ1v) is 6.43. The number of amides is 1. The summed E-state index contributed by atoms with van der Waals surface area (Å²) in [6.07, 6.45) is 5.57. The number of rotatable bonds is 3. The summed E-state index contributed by atoms with van der Waals surface area (Å²) in [5.41, 5.74) is 2.76. The molecule has 0 bridgehead atoms. The molecule has 0 aliphatic rings. The monoisotopic (exact) mass is 268 g/mol. The topological polar surface area (TPSA) is 53.9 Å². The molecule has 3 rings (SSSR count). The molecule has 2 heterocycles. The van der Waals surface area contributed by atoms with Crippen LogP contribution < -0.4 is 0 Å². The Morgan fingerprint density at radius 2 is 2.25 bits per heavy atom. The number of aryl methyl sites for hydroxylation is 1. The maximum atomic E-state index is 12.4. The summed E-state index contributed by atoms with van der Waals surface area (Å²) in [5, 5.41) is 5.16. The van der Waals surface area contributed by atoms with Crippen LogP contribution in [0.4, 0.5) is 0 Å². The lowest BCUT2D eigenvalue weighted by molar-refractivity contribution is 0.0785. The number of hydrogen-bond donors (Lipinski definition) is 1. The lowest BCUT2D eigenvalue weighted by Crippen LogP contribution is -2.25. The van der Waals surface area contributed by atoms with Gasteiger partial charge in [-0.15, -0.1) is 0 Å². The Hall–Kier alpha value is -2.56. The average Bonchev–Trinajstić information content (AvgIpc) is 3.05. The van der Waals surface area contributed by atoms with Crippen molar-refractivity contribution in [3.05, 3.63) is 54.0 Å². The van der Waals surface area contributed by atoms with Crippen molar-refractivity contribution in [3.63, 3.8) is 0 Å². The number of aromatic nitrogens is 3. The Balaban J connectivity index is 1.80. The lowest BCUT2D eigenvalue weighted by Gasteiger charge is -2.16. The van der Waals surface area contributed by atoms with E-state index in [1.54, 1.807) is 22.8 Å². The molecular formula is C15H16N4O. The predicted octanol–water partition coefficient (Wildman–Crippen LogP) is 2.17. The van der Waals surface area contributed by atoms with Crippen molar-refractivity contribution in [1.82, 2.24) is 19.7 Å². The minimum atomic E-state index is 0.0111.